The van der Waals surface area contributed by atoms with E-state index in [1.807, 2.05) is 24.3 Å². The SMILES string of the molecule is CN1CCN(Cc2ccc(NC(=O)c3cn[nH]c3-c3c(F)cccc3F)cc2)CC1. The number of hydrogen-bond donors (Lipinski definition) is 2. The zero-order valence-corrected chi connectivity index (χ0v) is 16.7. The summed E-state index contributed by atoms with van der Waals surface area (Å²) in [6.07, 6.45) is 1.26. The molecule has 0 unspecified atom stereocenters. The van der Waals surface area contributed by atoms with Gasteiger partial charge in [0.1, 0.15) is 11.6 Å². The first-order chi connectivity index (χ1) is 14.5. The normalized spacial score (nSPS) is 15.3. The van der Waals surface area contributed by atoms with Crippen LogP contribution in [0.5, 0.6) is 0 Å². The molecule has 8 heteroatoms. The van der Waals surface area contributed by atoms with E-state index >= 15 is 0 Å². The molecule has 1 aromatic heterocycles. The van der Waals surface area contributed by atoms with Crippen molar-refractivity contribution in [1.82, 2.24) is 20.0 Å². The Labute approximate surface area is 173 Å². The summed E-state index contributed by atoms with van der Waals surface area (Å²) < 4.78 is 28.2. The number of hydrogen-bond acceptors (Lipinski definition) is 4. The second-order valence-electron chi connectivity index (χ2n) is 7.49. The number of benzene rings is 2. The van der Waals surface area contributed by atoms with E-state index in [2.05, 4.69) is 32.4 Å². The van der Waals surface area contributed by atoms with Crippen LogP contribution in [-0.4, -0.2) is 59.1 Å². The van der Waals surface area contributed by atoms with Gasteiger partial charge in [0.15, 0.2) is 0 Å². The van der Waals surface area contributed by atoms with Crippen LogP contribution in [0.15, 0.2) is 48.7 Å². The predicted octanol–water partition coefficient (Wildman–Crippen LogP) is 3.35. The van der Waals surface area contributed by atoms with Gasteiger partial charge in [0, 0.05) is 38.4 Å². The summed E-state index contributed by atoms with van der Waals surface area (Å²) in [4.78, 5) is 17.4. The third kappa shape index (κ3) is 4.39. The van der Waals surface area contributed by atoms with E-state index in [1.165, 1.54) is 12.3 Å². The molecule has 30 heavy (non-hydrogen) atoms. The number of carbonyl (C=O) groups is 1. The van der Waals surface area contributed by atoms with Crippen LogP contribution in [0.25, 0.3) is 11.3 Å². The Balaban J connectivity index is 1.44. The van der Waals surface area contributed by atoms with Crippen molar-refractivity contribution >= 4 is 11.6 Å². The summed E-state index contributed by atoms with van der Waals surface area (Å²) in [6, 6.07) is 11.1. The Morgan fingerprint density at radius 1 is 1.07 bits per heavy atom. The number of rotatable bonds is 5. The number of likely N-dealkylation sites (N-methyl/N-ethyl adjacent to an activating group) is 1. The number of aromatic nitrogens is 2. The monoisotopic (exact) mass is 411 g/mol. The minimum absolute atomic E-state index is 0.00906. The highest BCUT2D eigenvalue weighted by molar-refractivity contribution is 6.08. The fraction of sp³-hybridized carbons (Fsp3) is 0.273. The second-order valence-corrected chi connectivity index (χ2v) is 7.49. The summed E-state index contributed by atoms with van der Waals surface area (Å²) in [7, 11) is 2.13. The number of H-pyrrole nitrogens is 1. The van der Waals surface area contributed by atoms with Gasteiger partial charge in [-0.1, -0.05) is 18.2 Å². The van der Waals surface area contributed by atoms with Gasteiger partial charge in [-0.15, -0.1) is 0 Å². The molecule has 1 fully saturated rings. The molecular formula is C22H23F2N5O. The Morgan fingerprint density at radius 3 is 2.40 bits per heavy atom. The molecule has 1 aliphatic rings. The van der Waals surface area contributed by atoms with E-state index in [-0.39, 0.29) is 16.8 Å². The Hall–Kier alpha value is -3.10. The van der Waals surface area contributed by atoms with E-state index in [4.69, 9.17) is 0 Å². The summed E-state index contributed by atoms with van der Waals surface area (Å²) in [5.74, 6) is -2.02. The van der Waals surface area contributed by atoms with Gasteiger partial charge >= 0.3 is 0 Å². The number of piperazine rings is 1. The number of halogens is 2. The third-order valence-electron chi connectivity index (χ3n) is 5.31. The van der Waals surface area contributed by atoms with Gasteiger partial charge in [-0.25, -0.2) is 8.78 Å². The molecule has 1 aliphatic heterocycles. The molecule has 3 aromatic rings. The Bertz CT molecular complexity index is 1010. The molecule has 2 heterocycles. The van der Waals surface area contributed by atoms with Crippen LogP contribution in [-0.2, 0) is 6.54 Å². The number of nitrogens with one attached hydrogen (secondary N) is 2. The molecule has 0 bridgehead atoms. The largest absolute Gasteiger partial charge is 0.322 e. The molecule has 2 aromatic carbocycles. The third-order valence-corrected chi connectivity index (χ3v) is 5.31. The second kappa shape index (κ2) is 8.73. The Kier molecular flexibility index (Phi) is 5.87. The van der Waals surface area contributed by atoms with Crippen molar-refractivity contribution in [3.63, 3.8) is 0 Å². The number of amides is 1. The first-order valence-corrected chi connectivity index (χ1v) is 9.80. The van der Waals surface area contributed by atoms with Gasteiger partial charge in [-0.05, 0) is 36.9 Å². The lowest BCUT2D eigenvalue weighted by Gasteiger charge is -2.32. The van der Waals surface area contributed by atoms with Crippen LogP contribution in [0.4, 0.5) is 14.5 Å². The molecule has 0 saturated carbocycles. The van der Waals surface area contributed by atoms with Crippen LogP contribution < -0.4 is 5.32 Å². The number of aromatic amines is 1. The highest BCUT2D eigenvalue weighted by Gasteiger charge is 2.21. The lowest BCUT2D eigenvalue weighted by Crippen LogP contribution is -2.43. The van der Waals surface area contributed by atoms with E-state index in [0.29, 0.717) is 5.69 Å². The van der Waals surface area contributed by atoms with Gasteiger partial charge in [-0.3, -0.25) is 14.8 Å². The molecular weight excluding hydrogens is 388 g/mol. The highest BCUT2D eigenvalue weighted by Crippen LogP contribution is 2.27. The van der Waals surface area contributed by atoms with Crippen molar-refractivity contribution in [3.8, 4) is 11.3 Å². The maximum absolute atomic E-state index is 14.1. The molecule has 6 nitrogen and oxygen atoms in total. The van der Waals surface area contributed by atoms with E-state index in [1.54, 1.807) is 0 Å². The molecule has 156 valence electrons. The van der Waals surface area contributed by atoms with Gasteiger partial charge < -0.3 is 10.2 Å². The molecule has 1 amide bonds. The molecule has 2 N–H and O–H groups in total. The number of anilines is 1. The molecule has 4 rings (SSSR count). The lowest BCUT2D eigenvalue weighted by molar-refractivity contribution is 0.102. The first-order valence-electron chi connectivity index (χ1n) is 9.80. The van der Waals surface area contributed by atoms with Crippen LogP contribution in [0, 0.1) is 11.6 Å². The summed E-state index contributed by atoms with van der Waals surface area (Å²) in [6.45, 7) is 5.05. The van der Waals surface area contributed by atoms with Crippen molar-refractivity contribution in [3.05, 3.63) is 71.4 Å². The van der Waals surface area contributed by atoms with Gasteiger partial charge in [-0.2, -0.15) is 5.10 Å². The van der Waals surface area contributed by atoms with E-state index in [9.17, 15) is 13.6 Å². The van der Waals surface area contributed by atoms with Crippen molar-refractivity contribution in [2.75, 3.05) is 38.5 Å². The zero-order chi connectivity index (χ0) is 21.1. The molecule has 0 radical (unpaired) electrons. The van der Waals surface area contributed by atoms with Crippen molar-refractivity contribution in [2.45, 2.75) is 6.54 Å². The fourth-order valence-electron chi connectivity index (χ4n) is 3.54. The molecule has 0 spiro atoms. The predicted molar refractivity (Wildman–Crippen MR) is 111 cm³/mol. The average Bonchev–Trinajstić information content (AvgIpc) is 3.21. The lowest BCUT2D eigenvalue weighted by atomic mass is 10.1. The zero-order valence-electron chi connectivity index (χ0n) is 16.7. The summed E-state index contributed by atoms with van der Waals surface area (Å²) in [5, 5.41) is 9.09. The summed E-state index contributed by atoms with van der Waals surface area (Å²) in [5.41, 5.74) is 1.54. The van der Waals surface area contributed by atoms with Crippen molar-refractivity contribution < 1.29 is 13.6 Å². The molecule has 0 aliphatic carbocycles. The first kappa shape index (κ1) is 20.2. The number of carbonyl (C=O) groups excluding carboxylic acids is 1. The van der Waals surface area contributed by atoms with Crippen molar-refractivity contribution in [1.29, 1.82) is 0 Å². The quantitative estimate of drug-likeness (QED) is 0.676. The van der Waals surface area contributed by atoms with E-state index in [0.717, 1.165) is 50.4 Å². The minimum Gasteiger partial charge on any atom is -0.322 e. The van der Waals surface area contributed by atoms with Gasteiger partial charge in [0.25, 0.3) is 5.91 Å². The van der Waals surface area contributed by atoms with Crippen LogP contribution in [0.1, 0.15) is 15.9 Å². The minimum atomic E-state index is -0.762. The maximum atomic E-state index is 14.1. The van der Waals surface area contributed by atoms with Crippen molar-refractivity contribution in [2.24, 2.45) is 0 Å². The van der Waals surface area contributed by atoms with E-state index < -0.39 is 17.5 Å². The maximum Gasteiger partial charge on any atom is 0.259 e. The van der Waals surface area contributed by atoms with Crippen LogP contribution >= 0.6 is 0 Å². The fourth-order valence-corrected chi connectivity index (χ4v) is 3.54. The Morgan fingerprint density at radius 2 is 1.73 bits per heavy atom. The smallest absolute Gasteiger partial charge is 0.259 e. The topological polar surface area (TPSA) is 64.3 Å². The molecule has 1 saturated heterocycles. The number of nitrogens with zero attached hydrogens (tertiary/aromatic N) is 3. The summed E-state index contributed by atoms with van der Waals surface area (Å²) >= 11 is 0. The standard InChI is InChI=1S/C22H23F2N5O/c1-28-9-11-29(12-10-28)14-15-5-7-16(8-6-15)26-22(30)17-13-25-27-21(17)20-18(23)3-2-4-19(20)24/h2-8,13H,9-12,14H2,1H3,(H,25,27)(H,26,30). The van der Waals surface area contributed by atoms with Gasteiger partial charge in [0.2, 0.25) is 0 Å². The average molecular weight is 411 g/mol. The van der Waals surface area contributed by atoms with Crippen LogP contribution in [0.2, 0.25) is 0 Å². The van der Waals surface area contributed by atoms with Gasteiger partial charge in [0.05, 0.1) is 23.0 Å². The van der Waals surface area contributed by atoms with Crippen LogP contribution in [0.3, 0.4) is 0 Å². The molecule has 0 atom stereocenters. The highest BCUT2D eigenvalue weighted by atomic mass is 19.1.